The van der Waals surface area contributed by atoms with E-state index in [9.17, 15) is 13.2 Å². The third-order valence-corrected chi connectivity index (χ3v) is 5.35. The molecule has 0 aliphatic carbocycles. The molecule has 0 aliphatic rings. The number of nitrogens with zero attached hydrogens (tertiary/aromatic N) is 2. The molecule has 1 heterocycles. The zero-order chi connectivity index (χ0) is 17.3. The van der Waals surface area contributed by atoms with E-state index in [-0.39, 0.29) is 15.5 Å². The van der Waals surface area contributed by atoms with Crippen molar-refractivity contribution in [3.63, 3.8) is 0 Å². The van der Waals surface area contributed by atoms with Crippen LogP contribution in [0.4, 0.5) is 5.13 Å². The Morgan fingerprint density at radius 2 is 2.00 bits per heavy atom. The average molecular weight is 375 g/mol. The first-order valence-corrected chi connectivity index (χ1v) is 9.24. The van der Waals surface area contributed by atoms with Crippen LogP contribution in [0.2, 0.25) is 5.02 Å². The summed E-state index contributed by atoms with van der Waals surface area (Å²) in [6.45, 7) is 5.14. The minimum Gasteiger partial charge on any atom is -0.296 e. The number of amides is 1. The second-order valence-electron chi connectivity index (χ2n) is 5.70. The number of nitrogens with one attached hydrogen (secondary N) is 2. The molecular formula is C13H15ClN4O3S2. The van der Waals surface area contributed by atoms with Crippen LogP contribution in [-0.2, 0) is 10.0 Å². The minimum absolute atomic E-state index is 0.0363. The van der Waals surface area contributed by atoms with Crippen molar-refractivity contribution in [1.82, 2.24) is 14.9 Å². The molecule has 1 amide bonds. The standard InChI is InChI=1S/C13H15ClN4O3S2/c1-13(2,3)18-23(20,21)10-6-8(4-5-9(10)14)11(19)16-12-17-15-7-22-12/h4-7,18H,1-3H3,(H,16,17,19). The predicted molar refractivity (Wildman–Crippen MR) is 89.4 cm³/mol. The summed E-state index contributed by atoms with van der Waals surface area (Å²) < 4.78 is 27.3. The van der Waals surface area contributed by atoms with Gasteiger partial charge in [-0.05, 0) is 39.0 Å². The molecule has 0 atom stereocenters. The highest BCUT2D eigenvalue weighted by molar-refractivity contribution is 7.89. The van der Waals surface area contributed by atoms with E-state index in [1.54, 1.807) is 20.8 Å². The molecular weight excluding hydrogens is 360 g/mol. The summed E-state index contributed by atoms with van der Waals surface area (Å²) in [7, 11) is -3.85. The molecule has 1 aromatic heterocycles. The van der Waals surface area contributed by atoms with Gasteiger partial charge in [-0.1, -0.05) is 22.9 Å². The number of carbonyl (C=O) groups excluding carboxylic acids is 1. The SMILES string of the molecule is CC(C)(C)NS(=O)(=O)c1cc(C(=O)Nc2nncs2)ccc1Cl. The van der Waals surface area contributed by atoms with Gasteiger partial charge in [0.25, 0.3) is 5.91 Å². The van der Waals surface area contributed by atoms with Crippen molar-refractivity contribution in [2.45, 2.75) is 31.2 Å². The molecule has 0 radical (unpaired) electrons. The van der Waals surface area contributed by atoms with Gasteiger partial charge in [-0.15, -0.1) is 10.2 Å². The highest BCUT2D eigenvalue weighted by Crippen LogP contribution is 2.24. The molecule has 124 valence electrons. The van der Waals surface area contributed by atoms with E-state index in [0.717, 1.165) is 11.3 Å². The highest BCUT2D eigenvalue weighted by Gasteiger charge is 2.25. The number of anilines is 1. The number of halogens is 1. The van der Waals surface area contributed by atoms with Crippen LogP contribution in [0.5, 0.6) is 0 Å². The Labute approximate surface area is 143 Å². The van der Waals surface area contributed by atoms with Crippen LogP contribution in [0.15, 0.2) is 28.6 Å². The largest absolute Gasteiger partial charge is 0.296 e. The van der Waals surface area contributed by atoms with Crippen molar-refractivity contribution in [3.8, 4) is 0 Å². The smallest absolute Gasteiger partial charge is 0.257 e. The normalized spacial score (nSPS) is 12.2. The maximum Gasteiger partial charge on any atom is 0.257 e. The van der Waals surface area contributed by atoms with E-state index >= 15 is 0 Å². The Bertz CT molecular complexity index is 814. The molecule has 0 bridgehead atoms. The topological polar surface area (TPSA) is 101 Å². The minimum atomic E-state index is -3.85. The number of hydrogen-bond acceptors (Lipinski definition) is 6. The first-order chi connectivity index (χ1) is 10.6. The summed E-state index contributed by atoms with van der Waals surface area (Å²) in [5, 5.41) is 10.2. The van der Waals surface area contributed by atoms with E-state index < -0.39 is 21.5 Å². The van der Waals surface area contributed by atoms with Crippen molar-refractivity contribution in [2.75, 3.05) is 5.32 Å². The van der Waals surface area contributed by atoms with Gasteiger partial charge in [0.2, 0.25) is 15.2 Å². The van der Waals surface area contributed by atoms with Gasteiger partial charge < -0.3 is 0 Å². The molecule has 2 aromatic rings. The van der Waals surface area contributed by atoms with E-state index in [1.165, 1.54) is 23.7 Å². The lowest BCUT2D eigenvalue weighted by molar-refractivity contribution is 0.102. The number of rotatable bonds is 4. The van der Waals surface area contributed by atoms with Crippen molar-refractivity contribution >= 4 is 44.0 Å². The summed E-state index contributed by atoms with van der Waals surface area (Å²) in [5.74, 6) is -0.495. The Morgan fingerprint density at radius 3 is 2.57 bits per heavy atom. The van der Waals surface area contributed by atoms with Gasteiger partial charge in [-0.3, -0.25) is 10.1 Å². The Hall–Kier alpha value is -1.55. The van der Waals surface area contributed by atoms with Crippen LogP contribution in [0.1, 0.15) is 31.1 Å². The second-order valence-corrected chi connectivity index (χ2v) is 8.59. The number of aromatic nitrogens is 2. The highest BCUT2D eigenvalue weighted by atomic mass is 35.5. The van der Waals surface area contributed by atoms with Gasteiger partial charge in [0.15, 0.2) is 0 Å². The molecule has 0 unspecified atom stereocenters. The Kier molecular flexibility index (Phi) is 5.04. The number of benzene rings is 1. The number of sulfonamides is 1. The summed E-state index contributed by atoms with van der Waals surface area (Å²) in [6.07, 6.45) is 0. The maximum atomic E-state index is 12.4. The molecule has 1 aromatic carbocycles. The molecule has 10 heteroatoms. The third kappa shape index (κ3) is 4.71. The van der Waals surface area contributed by atoms with Crippen LogP contribution in [0.25, 0.3) is 0 Å². The third-order valence-electron chi connectivity index (χ3n) is 2.50. The molecule has 0 saturated heterocycles. The lowest BCUT2D eigenvalue weighted by Crippen LogP contribution is -2.40. The molecule has 0 saturated carbocycles. The van der Waals surface area contributed by atoms with Gasteiger partial charge in [0.1, 0.15) is 10.4 Å². The van der Waals surface area contributed by atoms with Crippen LogP contribution in [0.3, 0.4) is 0 Å². The van der Waals surface area contributed by atoms with Gasteiger partial charge in [0.05, 0.1) is 5.02 Å². The van der Waals surface area contributed by atoms with Gasteiger partial charge in [-0.25, -0.2) is 13.1 Å². The summed E-state index contributed by atoms with van der Waals surface area (Å²) in [5.41, 5.74) is 0.951. The second kappa shape index (κ2) is 6.52. The van der Waals surface area contributed by atoms with E-state index in [1.807, 2.05) is 0 Å². The Balaban J connectivity index is 2.34. The Morgan fingerprint density at radius 1 is 1.30 bits per heavy atom. The van der Waals surface area contributed by atoms with Gasteiger partial charge in [-0.2, -0.15) is 0 Å². The van der Waals surface area contributed by atoms with Crippen LogP contribution >= 0.6 is 22.9 Å². The van der Waals surface area contributed by atoms with Crippen molar-refractivity contribution in [1.29, 1.82) is 0 Å². The summed E-state index contributed by atoms with van der Waals surface area (Å²) >= 11 is 7.14. The van der Waals surface area contributed by atoms with E-state index in [2.05, 4.69) is 20.2 Å². The number of hydrogen-bond donors (Lipinski definition) is 2. The van der Waals surface area contributed by atoms with E-state index in [0.29, 0.717) is 5.13 Å². The van der Waals surface area contributed by atoms with Crippen molar-refractivity contribution in [3.05, 3.63) is 34.3 Å². The lowest BCUT2D eigenvalue weighted by atomic mass is 10.1. The molecule has 7 nitrogen and oxygen atoms in total. The first kappa shape index (κ1) is 17.8. The van der Waals surface area contributed by atoms with Gasteiger partial charge >= 0.3 is 0 Å². The number of carbonyl (C=O) groups is 1. The molecule has 0 spiro atoms. The summed E-state index contributed by atoms with van der Waals surface area (Å²) in [4.78, 5) is 12.0. The monoisotopic (exact) mass is 374 g/mol. The molecule has 0 fully saturated rings. The predicted octanol–water partition coefficient (Wildman–Crippen LogP) is 2.52. The van der Waals surface area contributed by atoms with Crippen molar-refractivity contribution in [2.24, 2.45) is 0 Å². The zero-order valence-corrected chi connectivity index (χ0v) is 15.0. The fraction of sp³-hybridized carbons (Fsp3) is 0.308. The summed E-state index contributed by atoms with van der Waals surface area (Å²) in [6, 6.07) is 4.04. The van der Waals surface area contributed by atoms with Crippen molar-refractivity contribution < 1.29 is 13.2 Å². The van der Waals surface area contributed by atoms with Crippen LogP contribution in [0, 0.1) is 0 Å². The molecule has 2 rings (SSSR count). The first-order valence-electron chi connectivity index (χ1n) is 6.49. The molecule has 0 aliphatic heterocycles. The molecule has 23 heavy (non-hydrogen) atoms. The fourth-order valence-electron chi connectivity index (χ4n) is 1.71. The van der Waals surface area contributed by atoms with Gasteiger partial charge in [0, 0.05) is 11.1 Å². The quantitative estimate of drug-likeness (QED) is 0.856. The maximum absolute atomic E-state index is 12.4. The van der Waals surface area contributed by atoms with Crippen LogP contribution in [-0.4, -0.2) is 30.1 Å². The average Bonchev–Trinajstić information content (AvgIpc) is 2.88. The fourth-order valence-corrected chi connectivity index (χ4v) is 4.09. The lowest BCUT2D eigenvalue weighted by Gasteiger charge is -2.21. The zero-order valence-electron chi connectivity index (χ0n) is 12.6. The molecule has 2 N–H and O–H groups in total. The van der Waals surface area contributed by atoms with Crippen LogP contribution < -0.4 is 10.0 Å². The van der Waals surface area contributed by atoms with E-state index in [4.69, 9.17) is 11.6 Å².